The molecule has 7 heteroatoms. The van der Waals surface area contributed by atoms with Gasteiger partial charge in [-0.2, -0.15) is 0 Å². The number of benzene rings is 1. The molecule has 0 saturated carbocycles. The third-order valence-electron chi connectivity index (χ3n) is 2.54. The maximum atomic E-state index is 12.1. The molecule has 1 aromatic heterocycles. The van der Waals surface area contributed by atoms with Crippen LogP contribution in [0.25, 0.3) is 0 Å². The van der Waals surface area contributed by atoms with Gasteiger partial charge in [-0.25, -0.2) is 0 Å². The van der Waals surface area contributed by atoms with Gasteiger partial charge in [-0.1, -0.05) is 23.2 Å². The van der Waals surface area contributed by atoms with Crippen molar-refractivity contribution >= 4 is 51.4 Å². The Morgan fingerprint density at radius 1 is 1.10 bits per heavy atom. The molecule has 0 unspecified atom stereocenters. The molecule has 0 spiro atoms. The number of hydrogen-bond acceptors (Lipinski definition) is 3. The minimum Gasteiger partial charge on any atom is -0.355 e. The van der Waals surface area contributed by atoms with Crippen molar-refractivity contribution in [1.82, 2.24) is 5.32 Å². The average molecular weight is 329 g/mol. The molecule has 2 aromatic rings. The third-order valence-corrected chi connectivity index (χ3v) is 3.92. The number of anilines is 1. The van der Waals surface area contributed by atoms with Crippen LogP contribution in [0.4, 0.5) is 5.00 Å². The number of nitrogens with one attached hydrogen (secondary N) is 2. The molecular weight excluding hydrogens is 319 g/mol. The lowest BCUT2D eigenvalue weighted by Crippen LogP contribution is -2.20. The van der Waals surface area contributed by atoms with E-state index in [1.54, 1.807) is 17.5 Å². The Hall–Kier alpha value is -1.56. The summed E-state index contributed by atoms with van der Waals surface area (Å²) in [6, 6.07) is 6.25. The summed E-state index contributed by atoms with van der Waals surface area (Å²) in [6.07, 6.45) is 0. The summed E-state index contributed by atoms with van der Waals surface area (Å²) in [4.78, 5) is 23.8. The standard InChI is InChI=1S/C13H10Cl2N2O2S/c1-16-11(18)9-4-5-20-13(9)17-12(19)8-3-2-7(14)6-10(8)15/h2-6H,1H3,(H,16,18)(H,17,19). The summed E-state index contributed by atoms with van der Waals surface area (Å²) in [5.41, 5.74) is 0.711. The van der Waals surface area contributed by atoms with Crippen LogP contribution >= 0.6 is 34.5 Å². The van der Waals surface area contributed by atoms with Crippen LogP contribution in [0, 0.1) is 0 Å². The SMILES string of the molecule is CNC(=O)c1ccsc1NC(=O)c1ccc(Cl)cc1Cl. The van der Waals surface area contributed by atoms with Crippen molar-refractivity contribution in [3.8, 4) is 0 Å². The maximum Gasteiger partial charge on any atom is 0.257 e. The molecule has 104 valence electrons. The van der Waals surface area contributed by atoms with E-state index in [1.165, 1.54) is 30.5 Å². The van der Waals surface area contributed by atoms with Gasteiger partial charge in [0, 0.05) is 12.1 Å². The Labute approximate surface area is 129 Å². The van der Waals surface area contributed by atoms with E-state index in [0.717, 1.165) is 0 Å². The van der Waals surface area contributed by atoms with Gasteiger partial charge in [0.05, 0.1) is 16.1 Å². The lowest BCUT2D eigenvalue weighted by Gasteiger charge is -2.07. The molecule has 4 nitrogen and oxygen atoms in total. The first-order chi connectivity index (χ1) is 9.52. The molecule has 0 bridgehead atoms. The molecular formula is C13H10Cl2N2O2S. The number of rotatable bonds is 3. The second-order valence-electron chi connectivity index (χ2n) is 3.82. The van der Waals surface area contributed by atoms with Crippen molar-refractivity contribution in [2.75, 3.05) is 12.4 Å². The number of carbonyl (C=O) groups excluding carboxylic acids is 2. The zero-order valence-electron chi connectivity index (χ0n) is 10.4. The molecule has 2 amide bonds. The largest absolute Gasteiger partial charge is 0.355 e. The maximum absolute atomic E-state index is 12.1. The molecule has 0 atom stereocenters. The first-order valence-electron chi connectivity index (χ1n) is 5.59. The molecule has 2 N–H and O–H groups in total. The van der Waals surface area contributed by atoms with E-state index >= 15 is 0 Å². The van der Waals surface area contributed by atoms with Gasteiger partial charge in [-0.3, -0.25) is 9.59 Å². The molecule has 0 fully saturated rings. The van der Waals surface area contributed by atoms with Gasteiger partial charge in [-0.15, -0.1) is 11.3 Å². The van der Waals surface area contributed by atoms with E-state index in [1.807, 2.05) is 0 Å². The van der Waals surface area contributed by atoms with Crippen LogP contribution in [-0.2, 0) is 0 Å². The van der Waals surface area contributed by atoms with Gasteiger partial charge in [0.25, 0.3) is 11.8 Å². The number of halogens is 2. The zero-order chi connectivity index (χ0) is 14.7. The van der Waals surface area contributed by atoms with E-state index in [-0.39, 0.29) is 16.8 Å². The highest BCUT2D eigenvalue weighted by Gasteiger charge is 2.16. The molecule has 1 aromatic carbocycles. The summed E-state index contributed by atoms with van der Waals surface area (Å²) in [7, 11) is 1.53. The fourth-order valence-corrected chi connectivity index (χ4v) is 2.84. The lowest BCUT2D eigenvalue weighted by atomic mass is 10.2. The van der Waals surface area contributed by atoms with Gasteiger partial charge < -0.3 is 10.6 Å². The minimum atomic E-state index is -0.390. The quantitative estimate of drug-likeness (QED) is 0.903. The van der Waals surface area contributed by atoms with Gasteiger partial charge in [0.2, 0.25) is 0 Å². The number of amides is 2. The van der Waals surface area contributed by atoms with E-state index in [9.17, 15) is 9.59 Å². The predicted molar refractivity (Wildman–Crippen MR) is 82.1 cm³/mol. The Kier molecular flexibility index (Phi) is 4.65. The monoisotopic (exact) mass is 328 g/mol. The molecule has 0 aliphatic heterocycles. The van der Waals surface area contributed by atoms with Crippen LogP contribution in [0.3, 0.4) is 0 Å². The van der Waals surface area contributed by atoms with Crippen molar-refractivity contribution in [3.05, 3.63) is 50.8 Å². The highest BCUT2D eigenvalue weighted by Crippen LogP contribution is 2.26. The van der Waals surface area contributed by atoms with Crippen molar-refractivity contribution in [2.45, 2.75) is 0 Å². The van der Waals surface area contributed by atoms with Crippen LogP contribution in [-0.4, -0.2) is 18.9 Å². The smallest absolute Gasteiger partial charge is 0.257 e. The second-order valence-corrected chi connectivity index (χ2v) is 5.58. The Bertz CT molecular complexity index is 670. The lowest BCUT2D eigenvalue weighted by molar-refractivity contribution is 0.0964. The predicted octanol–water partition coefficient (Wildman–Crippen LogP) is 3.67. The Balaban J connectivity index is 2.24. The molecule has 20 heavy (non-hydrogen) atoms. The topological polar surface area (TPSA) is 58.2 Å². The number of carbonyl (C=O) groups is 2. The minimum absolute atomic E-state index is 0.257. The summed E-state index contributed by atoms with van der Waals surface area (Å²) in [5.74, 6) is -0.650. The van der Waals surface area contributed by atoms with Crippen molar-refractivity contribution in [1.29, 1.82) is 0 Å². The van der Waals surface area contributed by atoms with E-state index in [0.29, 0.717) is 21.2 Å². The normalized spacial score (nSPS) is 10.2. The first-order valence-corrected chi connectivity index (χ1v) is 7.22. The van der Waals surface area contributed by atoms with Gasteiger partial charge in [-0.05, 0) is 29.6 Å². The highest BCUT2D eigenvalue weighted by molar-refractivity contribution is 7.14. The second kappa shape index (κ2) is 6.26. The highest BCUT2D eigenvalue weighted by atomic mass is 35.5. The van der Waals surface area contributed by atoms with Crippen molar-refractivity contribution < 1.29 is 9.59 Å². The van der Waals surface area contributed by atoms with Gasteiger partial charge in [0.1, 0.15) is 5.00 Å². The van der Waals surface area contributed by atoms with Crippen molar-refractivity contribution in [3.63, 3.8) is 0 Å². The molecule has 0 aliphatic rings. The number of thiophene rings is 1. The first kappa shape index (κ1) is 14.8. The summed E-state index contributed by atoms with van der Waals surface area (Å²) in [6.45, 7) is 0. The van der Waals surface area contributed by atoms with Crippen molar-refractivity contribution in [2.24, 2.45) is 0 Å². The molecule has 0 aliphatic carbocycles. The van der Waals surface area contributed by atoms with Crippen LogP contribution in [0.1, 0.15) is 20.7 Å². The molecule has 2 rings (SSSR count). The van der Waals surface area contributed by atoms with Crippen LogP contribution in [0.15, 0.2) is 29.6 Å². The fourth-order valence-electron chi connectivity index (χ4n) is 1.56. The summed E-state index contributed by atoms with van der Waals surface area (Å²) < 4.78 is 0. The van der Waals surface area contributed by atoms with Crippen LogP contribution < -0.4 is 10.6 Å². The molecule has 1 heterocycles. The number of hydrogen-bond donors (Lipinski definition) is 2. The summed E-state index contributed by atoms with van der Waals surface area (Å²) >= 11 is 13.0. The Morgan fingerprint density at radius 2 is 1.85 bits per heavy atom. The molecule has 0 radical (unpaired) electrons. The third kappa shape index (κ3) is 3.12. The fraction of sp³-hybridized carbons (Fsp3) is 0.0769. The van der Waals surface area contributed by atoms with E-state index < -0.39 is 0 Å². The van der Waals surface area contributed by atoms with Crippen LogP contribution in [0.2, 0.25) is 10.0 Å². The van der Waals surface area contributed by atoms with Gasteiger partial charge >= 0.3 is 0 Å². The van der Waals surface area contributed by atoms with E-state index in [4.69, 9.17) is 23.2 Å². The van der Waals surface area contributed by atoms with Gasteiger partial charge in [0.15, 0.2) is 0 Å². The average Bonchev–Trinajstić information content (AvgIpc) is 2.85. The molecule has 0 saturated heterocycles. The Morgan fingerprint density at radius 3 is 2.50 bits per heavy atom. The van der Waals surface area contributed by atoms with E-state index in [2.05, 4.69) is 10.6 Å². The van der Waals surface area contributed by atoms with Crippen LogP contribution in [0.5, 0.6) is 0 Å². The summed E-state index contributed by atoms with van der Waals surface area (Å²) in [5, 5.41) is 8.09. The zero-order valence-corrected chi connectivity index (χ0v) is 12.7.